The Bertz CT molecular complexity index is 836. The fraction of sp³-hybridized carbons (Fsp3) is 0.609. The van der Waals surface area contributed by atoms with Crippen molar-refractivity contribution in [2.45, 2.75) is 70.4 Å². The lowest BCUT2D eigenvalue weighted by molar-refractivity contribution is 0.271. The first-order valence-electron chi connectivity index (χ1n) is 11.7. The highest BCUT2D eigenvalue weighted by atomic mass is 79.9. The second-order valence-corrected chi connectivity index (χ2v) is 9.58. The van der Waals surface area contributed by atoms with Crippen molar-refractivity contribution in [2.75, 3.05) is 35.6 Å². The normalized spacial score (nSPS) is 20.5. The summed E-state index contributed by atoms with van der Waals surface area (Å²) < 4.78 is 1.05. The minimum absolute atomic E-state index is 0.266. The second kappa shape index (κ2) is 10.6. The van der Waals surface area contributed by atoms with Gasteiger partial charge in [-0.15, -0.1) is 0 Å². The van der Waals surface area contributed by atoms with Crippen molar-refractivity contribution >= 4 is 39.5 Å². The van der Waals surface area contributed by atoms with Gasteiger partial charge in [0, 0.05) is 28.8 Å². The van der Waals surface area contributed by atoms with E-state index in [0.717, 1.165) is 42.6 Å². The van der Waals surface area contributed by atoms with E-state index >= 15 is 0 Å². The number of nitrogens with zero attached hydrogens (tertiary/aromatic N) is 5. The summed E-state index contributed by atoms with van der Waals surface area (Å²) in [7, 11) is 0. The highest BCUT2D eigenvalue weighted by Crippen LogP contribution is 2.29. The van der Waals surface area contributed by atoms with E-state index < -0.39 is 0 Å². The highest BCUT2D eigenvalue weighted by Gasteiger charge is 2.27. The zero-order valence-corrected chi connectivity index (χ0v) is 20.0. The van der Waals surface area contributed by atoms with Gasteiger partial charge >= 0.3 is 0 Å². The summed E-state index contributed by atoms with van der Waals surface area (Å²) in [6.07, 6.45) is 9.88. The van der Waals surface area contributed by atoms with Crippen LogP contribution in [0.4, 0.5) is 23.5 Å². The first-order chi connectivity index (χ1) is 15.1. The van der Waals surface area contributed by atoms with Gasteiger partial charge in [0.2, 0.25) is 17.8 Å². The van der Waals surface area contributed by atoms with Crippen LogP contribution in [0.5, 0.6) is 0 Å². The van der Waals surface area contributed by atoms with E-state index in [1.165, 1.54) is 38.5 Å². The highest BCUT2D eigenvalue weighted by molar-refractivity contribution is 9.10. The lowest BCUT2D eigenvalue weighted by Crippen LogP contribution is -2.39. The van der Waals surface area contributed by atoms with Gasteiger partial charge in [0.05, 0.1) is 0 Å². The standard InChI is InChI=1S/C23H34BrN7/c1-2-30-15-7-10-20(30)16-31(19-13-11-17(24)12-14-19)23-28-21(25)27-22(29-23)26-18-8-5-3-4-6-9-18/h11-14,18,20H,2-10,15-16H2,1H3,(H3,25,26,27,28,29). The molecule has 1 aromatic carbocycles. The maximum Gasteiger partial charge on any atom is 0.236 e. The fourth-order valence-corrected chi connectivity index (χ4v) is 5.09. The van der Waals surface area contributed by atoms with Crippen LogP contribution < -0.4 is 16.0 Å². The molecule has 7 nitrogen and oxygen atoms in total. The molecule has 1 atom stereocenters. The molecule has 1 aliphatic carbocycles. The van der Waals surface area contributed by atoms with E-state index in [2.05, 4.69) is 72.2 Å². The molecule has 1 aliphatic heterocycles. The Labute approximate surface area is 194 Å². The quantitative estimate of drug-likeness (QED) is 0.533. The Balaban J connectivity index is 1.61. The van der Waals surface area contributed by atoms with E-state index in [9.17, 15) is 0 Å². The number of likely N-dealkylation sites (N-methyl/N-ethyl adjacent to an activating group) is 1. The third-order valence-corrected chi connectivity index (χ3v) is 7.04. The third-order valence-electron chi connectivity index (χ3n) is 6.51. The van der Waals surface area contributed by atoms with Crippen molar-refractivity contribution in [3.63, 3.8) is 0 Å². The van der Waals surface area contributed by atoms with Gasteiger partial charge in [-0.1, -0.05) is 48.5 Å². The Morgan fingerprint density at radius 3 is 2.48 bits per heavy atom. The lowest BCUT2D eigenvalue weighted by Gasteiger charge is -2.30. The number of halogens is 1. The average Bonchev–Trinajstić information content (AvgIpc) is 3.06. The molecular weight excluding hydrogens is 454 g/mol. The molecule has 1 saturated heterocycles. The minimum atomic E-state index is 0.266. The van der Waals surface area contributed by atoms with Gasteiger partial charge in [-0.3, -0.25) is 4.90 Å². The van der Waals surface area contributed by atoms with Gasteiger partial charge < -0.3 is 16.0 Å². The molecular formula is C23H34BrN7. The first kappa shape index (κ1) is 22.3. The molecule has 0 spiro atoms. The molecule has 0 radical (unpaired) electrons. The molecule has 0 bridgehead atoms. The molecule has 3 N–H and O–H groups in total. The van der Waals surface area contributed by atoms with Crippen molar-refractivity contribution in [1.82, 2.24) is 19.9 Å². The molecule has 168 valence electrons. The smallest absolute Gasteiger partial charge is 0.236 e. The van der Waals surface area contributed by atoms with Gasteiger partial charge in [-0.2, -0.15) is 15.0 Å². The van der Waals surface area contributed by atoms with Gasteiger partial charge in [0.25, 0.3) is 0 Å². The van der Waals surface area contributed by atoms with E-state index in [1.807, 2.05) is 0 Å². The maximum absolute atomic E-state index is 6.15. The van der Waals surface area contributed by atoms with Gasteiger partial charge in [0.1, 0.15) is 0 Å². The molecule has 4 rings (SSSR count). The molecule has 2 aromatic rings. The van der Waals surface area contributed by atoms with Crippen molar-refractivity contribution in [3.8, 4) is 0 Å². The maximum atomic E-state index is 6.15. The van der Waals surface area contributed by atoms with Crippen molar-refractivity contribution in [1.29, 1.82) is 0 Å². The van der Waals surface area contributed by atoms with Gasteiger partial charge in [0.15, 0.2) is 0 Å². The zero-order valence-electron chi connectivity index (χ0n) is 18.4. The van der Waals surface area contributed by atoms with Crippen LogP contribution in [0, 0.1) is 0 Å². The van der Waals surface area contributed by atoms with Gasteiger partial charge in [-0.25, -0.2) is 0 Å². The van der Waals surface area contributed by atoms with Crippen LogP contribution in [0.3, 0.4) is 0 Å². The van der Waals surface area contributed by atoms with E-state index in [1.54, 1.807) is 0 Å². The molecule has 2 heterocycles. The van der Waals surface area contributed by atoms with Gasteiger partial charge in [-0.05, 0) is 63.0 Å². The molecule has 8 heteroatoms. The fourth-order valence-electron chi connectivity index (χ4n) is 4.82. The van der Waals surface area contributed by atoms with Crippen molar-refractivity contribution < 1.29 is 0 Å². The van der Waals surface area contributed by atoms with Crippen LogP contribution >= 0.6 is 15.9 Å². The number of rotatable bonds is 7. The molecule has 2 fully saturated rings. The number of nitrogens with two attached hydrogens (primary N) is 1. The number of nitrogens with one attached hydrogen (secondary N) is 1. The van der Waals surface area contributed by atoms with E-state index in [0.29, 0.717) is 24.0 Å². The number of hydrogen-bond donors (Lipinski definition) is 2. The number of likely N-dealkylation sites (tertiary alicyclic amines) is 1. The number of aromatic nitrogens is 3. The van der Waals surface area contributed by atoms with Crippen LogP contribution in [-0.2, 0) is 0 Å². The first-order valence-corrected chi connectivity index (χ1v) is 12.5. The molecule has 31 heavy (non-hydrogen) atoms. The number of benzene rings is 1. The van der Waals surface area contributed by atoms with E-state index in [-0.39, 0.29) is 5.95 Å². The molecule has 1 saturated carbocycles. The SMILES string of the molecule is CCN1CCCC1CN(c1ccc(Br)cc1)c1nc(N)nc(NC2CCCCCC2)n1. The molecule has 2 aliphatic rings. The predicted octanol–water partition coefficient (Wildman–Crippen LogP) is 4.97. The summed E-state index contributed by atoms with van der Waals surface area (Å²) in [5, 5.41) is 3.54. The largest absolute Gasteiger partial charge is 0.368 e. The summed E-state index contributed by atoms with van der Waals surface area (Å²) in [5.41, 5.74) is 7.22. The summed E-state index contributed by atoms with van der Waals surface area (Å²) in [5.74, 6) is 1.48. The molecule has 1 aromatic heterocycles. The number of hydrogen-bond acceptors (Lipinski definition) is 7. The summed E-state index contributed by atoms with van der Waals surface area (Å²) in [4.78, 5) is 18.5. The summed E-state index contributed by atoms with van der Waals surface area (Å²) >= 11 is 3.55. The van der Waals surface area contributed by atoms with E-state index in [4.69, 9.17) is 10.7 Å². The Morgan fingerprint density at radius 1 is 1.03 bits per heavy atom. The summed E-state index contributed by atoms with van der Waals surface area (Å²) in [6.45, 7) is 5.29. The van der Waals surface area contributed by atoms with Crippen LogP contribution in [0.1, 0.15) is 58.3 Å². The summed E-state index contributed by atoms with van der Waals surface area (Å²) in [6, 6.07) is 9.21. The topological polar surface area (TPSA) is 83.2 Å². The zero-order chi connectivity index (χ0) is 21.6. The lowest BCUT2D eigenvalue weighted by atomic mass is 10.1. The second-order valence-electron chi connectivity index (χ2n) is 8.66. The monoisotopic (exact) mass is 487 g/mol. The van der Waals surface area contributed by atoms with Crippen LogP contribution in [0.25, 0.3) is 0 Å². The Hall–Kier alpha value is -1.93. The third kappa shape index (κ3) is 5.86. The Morgan fingerprint density at radius 2 is 1.77 bits per heavy atom. The molecule has 0 amide bonds. The average molecular weight is 488 g/mol. The Kier molecular flexibility index (Phi) is 7.61. The number of anilines is 4. The van der Waals surface area contributed by atoms with Crippen LogP contribution in [-0.4, -0.2) is 51.6 Å². The van der Waals surface area contributed by atoms with Crippen LogP contribution in [0.15, 0.2) is 28.7 Å². The van der Waals surface area contributed by atoms with Crippen molar-refractivity contribution in [2.24, 2.45) is 0 Å². The van der Waals surface area contributed by atoms with Crippen LogP contribution in [0.2, 0.25) is 0 Å². The predicted molar refractivity (Wildman–Crippen MR) is 131 cm³/mol. The minimum Gasteiger partial charge on any atom is -0.368 e. The molecule has 1 unspecified atom stereocenters. The number of nitrogen functional groups attached to an aromatic ring is 1. The van der Waals surface area contributed by atoms with Crippen molar-refractivity contribution in [3.05, 3.63) is 28.7 Å².